The minimum absolute atomic E-state index is 0.00580. The van der Waals surface area contributed by atoms with Crippen molar-refractivity contribution >= 4 is 5.91 Å². The van der Waals surface area contributed by atoms with E-state index in [2.05, 4.69) is 4.98 Å². The van der Waals surface area contributed by atoms with Gasteiger partial charge in [0.2, 0.25) is 0 Å². The summed E-state index contributed by atoms with van der Waals surface area (Å²) in [5.74, 6) is 0.652. The Morgan fingerprint density at radius 2 is 2.36 bits per heavy atom. The lowest BCUT2D eigenvalue weighted by Gasteiger charge is -2.53. The fraction of sp³-hybridized carbons (Fsp3) is 0.647. The zero-order chi connectivity index (χ0) is 15.4. The van der Waals surface area contributed by atoms with E-state index in [1.807, 2.05) is 24.0 Å². The van der Waals surface area contributed by atoms with Gasteiger partial charge >= 0.3 is 0 Å². The molecule has 5 nitrogen and oxygen atoms in total. The topological polar surface area (TPSA) is 51.7 Å². The molecule has 2 aliphatic rings. The van der Waals surface area contributed by atoms with Crippen molar-refractivity contribution < 1.29 is 14.3 Å². The van der Waals surface area contributed by atoms with Crippen LogP contribution in [0.2, 0.25) is 0 Å². The van der Waals surface area contributed by atoms with Crippen LogP contribution in [0.15, 0.2) is 24.4 Å². The number of nitrogens with zero attached hydrogens (tertiary/aromatic N) is 2. The Bertz CT molecular complexity index is 500. The number of carbonyl (C=O) groups excluding carboxylic acids is 1. The van der Waals surface area contributed by atoms with E-state index in [1.54, 1.807) is 12.3 Å². The summed E-state index contributed by atoms with van der Waals surface area (Å²) in [6, 6.07) is 5.43. The number of carbonyl (C=O) groups is 1. The van der Waals surface area contributed by atoms with Crippen LogP contribution in [0.1, 0.15) is 36.7 Å². The second kappa shape index (κ2) is 6.75. The van der Waals surface area contributed by atoms with Gasteiger partial charge in [-0.1, -0.05) is 6.07 Å². The van der Waals surface area contributed by atoms with Gasteiger partial charge in [0, 0.05) is 26.0 Å². The fourth-order valence-corrected chi connectivity index (χ4v) is 3.43. The van der Waals surface area contributed by atoms with Gasteiger partial charge in [-0.25, -0.2) is 0 Å². The van der Waals surface area contributed by atoms with Crippen molar-refractivity contribution in [1.29, 1.82) is 0 Å². The van der Waals surface area contributed by atoms with Crippen molar-refractivity contribution in [3.63, 3.8) is 0 Å². The van der Waals surface area contributed by atoms with E-state index in [4.69, 9.17) is 9.47 Å². The molecule has 3 heterocycles. The Morgan fingerprint density at radius 1 is 1.50 bits per heavy atom. The molecule has 1 aromatic heterocycles. The van der Waals surface area contributed by atoms with E-state index < -0.39 is 0 Å². The highest BCUT2D eigenvalue weighted by atomic mass is 16.5. The van der Waals surface area contributed by atoms with Gasteiger partial charge < -0.3 is 14.4 Å². The number of hydrogen-bond acceptors (Lipinski definition) is 4. The maximum Gasteiger partial charge on any atom is 0.272 e. The van der Waals surface area contributed by atoms with E-state index in [0.29, 0.717) is 24.7 Å². The number of rotatable bonds is 5. The average Bonchev–Trinajstić information content (AvgIpc) is 2.53. The highest BCUT2D eigenvalue weighted by molar-refractivity contribution is 5.93. The summed E-state index contributed by atoms with van der Waals surface area (Å²) >= 11 is 0. The third-order valence-corrected chi connectivity index (χ3v) is 4.60. The van der Waals surface area contributed by atoms with Gasteiger partial charge in [-0.05, 0) is 44.2 Å². The molecule has 0 saturated carbocycles. The monoisotopic (exact) mass is 304 g/mol. The molecule has 0 aromatic carbocycles. The molecule has 2 saturated heterocycles. The van der Waals surface area contributed by atoms with E-state index in [-0.39, 0.29) is 11.5 Å². The molecule has 1 unspecified atom stereocenters. The lowest BCUT2D eigenvalue weighted by Crippen LogP contribution is -2.66. The third kappa shape index (κ3) is 3.31. The molecule has 0 aliphatic carbocycles. The van der Waals surface area contributed by atoms with E-state index in [9.17, 15) is 4.79 Å². The van der Waals surface area contributed by atoms with Gasteiger partial charge in [0.15, 0.2) is 0 Å². The molecular weight excluding hydrogens is 280 g/mol. The predicted molar refractivity (Wildman–Crippen MR) is 82.7 cm³/mol. The minimum Gasteiger partial charge on any atom is -0.382 e. The molecule has 0 N–H and O–H groups in total. The number of amides is 1. The Labute approximate surface area is 131 Å². The SMILES string of the molecule is CCOCCC1CCOC2(C1)CN(C(=O)c1ccccn1)C2. The van der Waals surface area contributed by atoms with Gasteiger partial charge in [0.1, 0.15) is 11.3 Å². The second-order valence-corrected chi connectivity index (χ2v) is 6.25. The van der Waals surface area contributed by atoms with Crippen LogP contribution in [-0.4, -0.2) is 54.3 Å². The first-order valence-corrected chi connectivity index (χ1v) is 8.14. The first-order valence-electron chi connectivity index (χ1n) is 8.14. The normalized spacial score (nSPS) is 23.3. The van der Waals surface area contributed by atoms with Crippen molar-refractivity contribution in [2.24, 2.45) is 5.92 Å². The molecule has 120 valence electrons. The molecule has 22 heavy (non-hydrogen) atoms. The Kier molecular flexibility index (Phi) is 4.74. The van der Waals surface area contributed by atoms with Crippen LogP contribution in [0.25, 0.3) is 0 Å². The summed E-state index contributed by atoms with van der Waals surface area (Å²) in [6.07, 6.45) is 4.88. The van der Waals surface area contributed by atoms with Gasteiger partial charge in [0.05, 0.1) is 13.1 Å². The van der Waals surface area contributed by atoms with Crippen LogP contribution in [0.5, 0.6) is 0 Å². The number of likely N-dealkylation sites (tertiary alicyclic amines) is 1. The summed E-state index contributed by atoms with van der Waals surface area (Å²) in [5.41, 5.74) is 0.389. The van der Waals surface area contributed by atoms with Crippen LogP contribution >= 0.6 is 0 Å². The molecule has 2 fully saturated rings. The van der Waals surface area contributed by atoms with E-state index >= 15 is 0 Å². The molecule has 0 radical (unpaired) electrons. The summed E-state index contributed by atoms with van der Waals surface area (Å²) in [6.45, 7) is 5.80. The molecule has 2 aliphatic heterocycles. The molecule has 5 heteroatoms. The van der Waals surface area contributed by atoms with Crippen molar-refractivity contribution in [2.75, 3.05) is 32.9 Å². The van der Waals surface area contributed by atoms with Crippen molar-refractivity contribution in [3.05, 3.63) is 30.1 Å². The molecule has 3 rings (SSSR count). The zero-order valence-electron chi connectivity index (χ0n) is 13.2. The van der Waals surface area contributed by atoms with Gasteiger partial charge in [0.25, 0.3) is 5.91 Å². The number of ether oxygens (including phenoxy) is 2. The lowest BCUT2D eigenvalue weighted by molar-refractivity contribution is -0.167. The summed E-state index contributed by atoms with van der Waals surface area (Å²) < 4.78 is 11.5. The van der Waals surface area contributed by atoms with Crippen molar-refractivity contribution in [1.82, 2.24) is 9.88 Å². The highest BCUT2D eigenvalue weighted by Crippen LogP contribution is 2.38. The quantitative estimate of drug-likeness (QED) is 0.782. The predicted octanol–water partition coefficient (Wildman–Crippen LogP) is 2.13. The first-order chi connectivity index (χ1) is 10.7. The van der Waals surface area contributed by atoms with Crippen LogP contribution in [-0.2, 0) is 9.47 Å². The largest absolute Gasteiger partial charge is 0.382 e. The van der Waals surface area contributed by atoms with Crippen LogP contribution in [0, 0.1) is 5.92 Å². The van der Waals surface area contributed by atoms with Gasteiger partial charge in [-0.2, -0.15) is 0 Å². The smallest absolute Gasteiger partial charge is 0.272 e. The molecule has 1 spiro atoms. The van der Waals surface area contributed by atoms with E-state index in [0.717, 1.165) is 39.1 Å². The Hall–Kier alpha value is -1.46. The Morgan fingerprint density at radius 3 is 3.09 bits per heavy atom. The minimum atomic E-state index is -0.125. The zero-order valence-corrected chi connectivity index (χ0v) is 13.2. The van der Waals surface area contributed by atoms with Gasteiger partial charge in [-0.3, -0.25) is 9.78 Å². The Balaban J connectivity index is 1.51. The summed E-state index contributed by atoms with van der Waals surface area (Å²) in [5, 5.41) is 0. The molecule has 1 amide bonds. The summed E-state index contributed by atoms with van der Waals surface area (Å²) in [7, 11) is 0. The number of aromatic nitrogens is 1. The van der Waals surface area contributed by atoms with Crippen molar-refractivity contribution in [2.45, 2.75) is 31.8 Å². The average molecular weight is 304 g/mol. The standard InChI is InChI=1S/C17H24N2O3/c1-2-21-9-6-14-7-10-22-17(11-14)12-19(13-17)16(20)15-5-3-4-8-18-15/h3-5,8,14H,2,6-7,9-13H2,1H3. The van der Waals surface area contributed by atoms with Gasteiger partial charge in [-0.15, -0.1) is 0 Å². The molecule has 1 aromatic rings. The molecule has 0 bridgehead atoms. The fourth-order valence-electron chi connectivity index (χ4n) is 3.43. The second-order valence-electron chi connectivity index (χ2n) is 6.25. The maximum absolute atomic E-state index is 12.3. The molecule has 1 atom stereocenters. The molecular formula is C17H24N2O3. The number of pyridine rings is 1. The summed E-state index contributed by atoms with van der Waals surface area (Å²) in [4.78, 5) is 18.3. The first kappa shape index (κ1) is 15.4. The van der Waals surface area contributed by atoms with Crippen LogP contribution in [0.3, 0.4) is 0 Å². The van der Waals surface area contributed by atoms with Crippen LogP contribution in [0.4, 0.5) is 0 Å². The maximum atomic E-state index is 12.3. The third-order valence-electron chi connectivity index (χ3n) is 4.60. The lowest BCUT2D eigenvalue weighted by atomic mass is 9.79. The highest BCUT2D eigenvalue weighted by Gasteiger charge is 2.49. The number of hydrogen-bond donors (Lipinski definition) is 0. The van der Waals surface area contributed by atoms with Crippen molar-refractivity contribution in [3.8, 4) is 0 Å². The van der Waals surface area contributed by atoms with Crippen LogP contribution < -0.4 is 0 Å². The van der Waals surface area contributed by atoms with E-state index in [1.165, 1.54) is 0 Å².